The predicted octanol–water partition coefficient (Wildman–Crippen LogP) is 1.91. The van der Waals surface area contributed by atoms with Gasteiger partial charge in [-0.25, -0.2) is 4.79 Å². The summed E-state index contributed by atoms with van der Waals surface area (Å²) in [6.45, 7) is 3.70. The largest absolute Gasteiger partial charge is 0.493 e. The lowest BCUT2D eigenvalue weighted by molar-refractivity contribution is -0.142. The Kier molecular flexibility index (Phi) is 6.64. The lowest BCUT2D eigenvalue weighted by Crippen LogP contribution is -2.28. The number of urea groups is 1. The average molecular weight is 394 g/mol. The van der Waals surface area contributed by atoms with Gasteiger partial charge in [-0.3, -0.25) is 4.79 Å². The molecule has 0 spiro atoms. The molecule has 8 heteroatoms. The topological polar surface area (TPSA) is 77.1 Å². The molecular weight excluding hydrogens is 371 g/mol. The van der Waals surface area contributed by atoms with Gasteiger partial charge in [0, 0.05) is 18.7 Å². The van der Waals surface area contributed by atoms with E-state index in [1.165, 1.54) is 0 Å². The van der Waals surface area contributed by atoms with E-state index in [1.807, 2.05) is 0 Å². The van der Waals surface area contributed by atoms with E-state index in [0.29, 0.717) is 49.0 Å². The molecule has 2 radical (unpaired) electrons. The maximum Gasteiger partial charge on any atom is 0.317 e. The Labute approximate surface area is 171 Å². The maximum absolute atomic E-state index is 11.9. The van der Waals surface area contributed by atoms with Crippen molar-refractivity contribution in [1.82, 2.24) is 10.2 Å². The Bertz CT molecular complexity index is 903. The van der Waals surface area contributed by atoms with E-state index in [0.717, 1.165) is 11.1 Å². The third-order valence-electron chi connectivity index (χ3n) is 4.49. The molecule has 1 fully saturated rings. The first kappa shape index (κ1) is 20.6. The Hall–Kier alpha value is -3.16. The number of ether oxygens (including phenoxy) is 3. The molecule has 1 aliphatic heterocycles. The van der Waals surface area contributed by atoms with Crippen LogP contribution in [0, 0.1) is 0 Å². The number of esters is 1. The predicted molar refractivity (Wildman–Crippen MR) is 109 cm³/mol. The minimum Gasteiger partial charge on any atom is -0.493 e. The Morgan fingerprint density at radius 3 is 2.66 bits per heavy atom. The lowest BCUT2D eigenvalue weighted by Gasteiger charge is -2.19. The monoisotopic (exact) mass is 394 g/mol. The van der Waals surface area contributed by atoms with Gasteiger partial charge in [-0.15, -0.1) is 0 Å². The van der Waals surface area contributed by atoms with Crippen LogP contribution in [0.4, 0.5) is 4.79 Å². The highest BCUT2D eigenvalue weighted by molar-refractivity contribution is 6.32. The summed E-state index contributed by atoms with van der Waals surface area (Å²) in [5.74, 6) is 1.24. The van der Waals surface area contributed by atoms with Crippen LogP contribution < -0.4 is 20.3 Å². The van der Waals surface area contributed by atoms with Crippen LogP contribution in [0.3, 0.4) is 0 Å². The molecule has 1 N–H and O–H groups in total. The Morgan fingerprint density at radius 1 is 1.17 bits per heavy atom. The van der Waals surface area contributed by atoms with Crippen molar-refractivity contribution in [2.45, 2.75) is 19.9 Å². The quantitative estimate of drug-likeness (QED) is 0.547. The van der Waals surface area contributed by atoms with Crippen LogP contribution in [-0.2, 0) is 22.5 Å². The maximum atomic E-state index is 11.9. The summed E-state index contributed by atoms with van der Waals surface area (Å²) in [5.41, 5.74) is 2.10. The van der Waals surface area contributed by atoms with Crippen LogP contribution in [0.1, 0.15) is 18.1 Å². The molecule has 0 aromatic heterocycles. The summed E-state index contributed by atoms with van der Waals surface area (Å²) in [7, 11) is 7.49. The Balaban J connectivity index is 1.86. The zero-order valence-electron chi connectivity index (χ0n) is 16.6. The number of carbonyl (C=O) groups is 2. The van der Waals surface area contributed by atoms with Gasteiger partial charge in [0.15, 0.2) is 11.5 Å². The summed E-state index contributed by atoms with van der Waals surface area (Å²) in [4.78, 5) is 25.4. The molecule has 0 aliphatic carbocycles. The minimum absolute atomic E-state index is 0.118. The molecule has 1 heterocycles. The normalized spacial score (nSPS) is 13.2. The summed E-state index contributed by atoms with van der Waals surface area (Å²) < 4.78 is 16.5. The SMILES string of the molecule is [B]c1ccc(Oc2cc(CC(=O)OCC)ccc2OC)c(CN2CCNC2=O)c1. The fourth-order valence-corrected chi connectivity index (χ4v) is 3.10. The van der Waals surface area contributed by atoms with Crippen molar-refractivity contribution in [2.75, 3.05) is 26.8 Å². The van der Waals surface area contributed by atoms with Crippen LogP contribution in [0.5, 0.6) is 17.2 Å². The number of nitrogens with zero attached hydrogens (tertiary/aromatic N) is 1. The van der Waals surface area contributed by atoms with Gasteiger partial charge in [-0.2, -0.15) is 0 Å². The summed E-state index contributed by atoms with van der Waals surface area (Å²) >= 11 is 0. The first-order valence-electron chi connectivity index (χ1n) is 9.41. The van der Waals surface area contributed by atoms with Gasteiger partial charge in [-0.05, 0) is 30.7 Å². The molecule has 0 saturated carbocycles. The molecule has 3 rings (SSSR count). The first-order chi connectivity index (χ1) is 14.0. The van der Waals surface area contributed by atoms with Crippen molar-refractivity contribution < 1.29 is 23.8 Å². The van der Waals surface area contributed by atoms with Gasteiger partial charge in [0.1, 0.15) is 13.6 Å². The molecule has 0 unspecified atom stereocenters. The van der Waals surface area contributed by atoms with Crippen LogP contribution in [-0.4, -0.2) is 51.6 Å². The highest BCUT2D eigenvalue weighted by Crippen LogP contribution is 2.34. The van der Waals surface area contributed by atoms with Gasteiger partial charge in [0.2, 0.25) is 0 Å². The molecule has 1 saturated heterocycles. The zero-order valence-corrected chi connectivity index (χ0v) is 16.6. The summed E-state index contributed by atoms with van der Waals surface area (Å²) in [6, 6.07) is 10.4. The zero-order chi connectivity index (χ0) is 20.8. The van der Waals surface area contributed by atoms with Crippen LogP contribution in [0.25, 0.3) is 0 Å². The molecule has 1 aliphatic rings. The van der Waals surface area contributed by atoms with E-state index in [9.17, 15) is 9.59 Å². The highest BCUT2D eigenvalue weighted by atomic mass is 16.5. The number of benzene rings is 2. The molecule has 2 aromatic carbocycles. The van der Waals surface area contributed by atoms with Gasteiger partial charge in [-0.1, -0.05) is 23.7 Å². The van der Waals surface area contributed by atoms with Crippen molar-refractivity contribution in [3.8, 4) is 17.2 Å². The second-order valence-electron chi connectivity index (χ2n) is 6.59. The summed E-state index contributed by atoms with van der Waals surface area (Å²) in [5, 5.41) is 2.78. The van der Waals surface area contributed by atoms with Crippen molar-refractivity contribution in [3.63, 3.8) is 0 Å². The molecular formula is C21H23BN2O5. The van der Waals surface area contributed by atoms with Gasteiger partial charge in [0.25, 0.3) is 0 Å². The standard InChI is InChI=1S/C21H23BN2O5/c1-3-28-20(25)11-14-4-6-18(27-2)19(10-14)29-17-7-5-16(22)12-15(17)13-24-9-8-23-21(24)26/h4-7,10,12H,3,8-9,11,13H2,1-2H3,(H,23,26). The van der Waals surface area contributed by atoms with Crippen molar-refractivity contribution in [2.24, 2.45) is 0 Å². The van der Waals surface area contributed by atoms with Gasteiger partial charge < -0.3 is 24.4 Å². The molecule has 29 heavy (non-hydrogen) atoms. The van der Waals surface area contributed by atoms with E-state index in [2.05, 4.69) is 5.32 Å². The van der Waals surface area contributed by atoms with E-state index in [-0.39, 0.29) is 18.4 Å². The fourth-order valence-electron chi connectivity index (χ4n) is 3.10. The molecule has 7 nitrogen and oxygen atoms in total. The number of methoxy groups -OCH3 is 1. The number of amides is 2. The minimum atomic E-state index is -0.308. The molecule has 0 atom stereocenters. The lowest BCUT2D eigenvalue weighted by atomic mass is 9.94. The van der Waals surface area contributed by atoms with E-state index >= 15 is 0 Å². The molecule has 2 amide bonds. The van der Waals surface area contributed by atoms with Crippen LogP contribution >= 0.6 is 0 Å². The van der Waals surface area contributed by atoms with Crippen molar-refractivity contribution in [3.05, 3.63) is 47.5 Å². The molecule has 0 bridgehead atoms. The second-order valence-corrected chi connectivity index (χ2v) is 6.59. The average Bonchev–Trinajstić information content (AvgIpc) is 3.09. The molecule has 2 aromatic rings. The first-order valence-corrected chi connectivity index (χ1v) is 9.41. The number of rotatable bonds is 8. The number of nitrogens with one attached hydrogen (secondary N) is 1. The molecule has 150 valence electrons. The summed E-state index contributed by atoms with van der Waals surface area (Å²) in [6.07, 6.45) is 0.136. The second kappa shape index (κ2) is 9.36. The number of hydrogen-bond donors (Lipinski definition) is 1. The highest BCUT2D eigenvalue weighted by Gasteiger charge is 2.21. The van der Waals surface area contributed by atoms with E-state index in [4.69, 9.17) is 22.1 Å². The van der Waals surface area contributed by atoms with E-state index in [1.54, 1.807) is 55.3 Å². The third kappa shape index (κ3) is 5.22. The number of carbonyl (C=O) groups excluding carboxylic acids is 2. The van der Waals surface area contributed by atoms with Gasteiger partial charge in [0.05, 0.1) is 26.7 Å². The van der Waals surface area contributed by atoms with Crippen molar-refractivity contribution in [1.29, 1.82) is 0 Å². The fraction of sp³-hybridized carbons (Fsp3) is 0.333. The van der Waals surface area contributed by atoms with Crippen LogP contribution in [0.2, 0.25) is 0 Å². The smallest absolute Gasteiger partial charge is 0.317 e. The van der Waals surface area contributed by atoms with Crippen LogP contribution in [0.15, 0.2) is 36.4 Å². The van der Waals surface area contributed by atoms with Crippen molar-refractivity contribution >= 4 is 25.3 Å². The third-order valence-corrected chi connectivity index (χ3v) is 4.49. The van der Waals surface area contributed by atoms with Gasteiger partial charge >= 0.3 is 12.0 Å². The Morgan fingerprint density at radius 2 is 1.97 bits per heavy atom. The number of hydrogen-bond acceptors (Lipinski definition) is 5. The van der Waals surface area contributed by atoms with E-state index < -0.39 is 0 Å².